The fourth-order valence-electron chi connectivity index (χ4n) is 7.12. The van der Waals surface area contributed by atoms with Crippen LogP contribution in [0, 0.1) is 35.0 Å². The van der Waals surface area contributed by atoms with Gasteiger partial charge >= 0.3 is 11.9 Å². The summed E-state index contributed by atoms with van der Waals surface area (Å²) in [6.45, 7) is 6.39. The van der Waals surface area contributed by atoms with E-state index in [9.17, 15) is 9.59 Å². The van der Waals surface area contributed by atoms with Crippen molar-refractivity contribution >= 4 is 27.9 Å². The fourth-order valence-corrected chi connectivity index (χ4v) is 8.57. The van der Waals surface area contributed by atoms with Crippen molar-refractivity contribution in [2.75, 3.05) is 6.61 Å². The van der Waals surface area contributed by atoms with Crippen molar-refractivity contribution in [2.45, 2.75) is 89.0 Å². The lowest BCUT2D eigenvalue weighted by Gasteiger charge is -2.58. The van der Waals surface area contributed by atoms with E-state index in [-0.39, 0.29) is 34.4 Å². The molecule has 0 spiro atoms. The highest BCUT2D eigenvalue weighted by Gasteiger charge is 2.60. The summed E-state index contributed by atoms with van der Waals surface area (Å²) in [7, 11) is 0. The van der Waals surface area contributed by atoms with Gasteiger partial charge in [0.1, 0.15) is 6.10 Å². The molecule has 0 heterocycles. The molecule has 4 bridgehead atoms. The van der Waals surface area contributed by atoms with Crippen molar-refractivity contribution in [3.8, 4) is 0 Å². The maximum absolute atomic E-state index is 13.0. The Bertz CT molecular complexity index is 616. The van der Waals surface area contributed by atoms with E-state index < -0.39 is 0 Å². The van der Waals surface area contributed by atoms with Crippen LogP contribution in [-0.4, -0.2) is 29.0 Å². The van der Waals surface area contributed by atoms with Crippen LogP contribution in [0.2, 0.25) is 0 Å². The first-order chi connectivity index (χ1) is 13.2. The quantitative estimate of drug-likeness (QED) is 0.419. The second kappa shape index (κ2) is 7.59. The molecule has 5 fully saturated rings. The standard InChI is InChI=1S/C23H35BrO4/c1-14(2)18-5-4-15(3)6-19(18)28-20(25)12-27-21(26)22-8-16-7-17(9-22)11-23(24,10-16)13-22/h14-19H,4-13H2,1-3H3/t15-,16-,17-,18+,19+,22?,23?/m1/s1. The third kappa shape index (κ3) is 4.02. The molecule has 5 aliphatic carbocycles. The Hall–Kier alpha value is -0.580. The predicted molar refractivity (Wildman–Crippen MR) is 111 cm³/mol. The van der Waals surface area contributed by atoms with E-state index in [1.807, 2.05) is 0 Å². The van der Waals surface area contributed by atoms with Crippen LogP contribution >= 0.6 is 15.9 Å². The molecule has 0 saturated heterocycles. The summed E-state index contributed by atoms with van der Waals surface area (Å²) in [6, 6.07) is 0. The Balaban J connectivity index is 1.33. The van der Waals surface area contributed by atoms with Gasteiger partial charge < -0.3 is 9.47 Å². The first-order valence-corrected chi connectivity index (χ1v) is 12.0. The van der Waals surface area contributed by atoms with Crippen LogP contribution in [0.15, 0.2) is 0 Å². The molecule has 0 aromatic carbocycles. The van der Waals surface area contributed by atoms with Crippen molar-refractivity contribution in [3.05, 3.63) is 0 Å². The fraction of sp³-hybridized carbons (Fsp3) is 0.913. The predicted octanol–water partition coefficient (Wildman–Crippen LogP) is 5.27. The van der Waals surface area contributed by atoms with Crippen LogP contribution in [0.25, 0.3) is 0 Å². The Labute approximate surface area is 177 Å². The highest BCUT2D eigenvalue weighted by Crippen LogP contribution is 2.64. The Morgan fingerprint density at radius 2 is 1.75 bits per heavy atom. The van der Waals surface area contributed by atoms with Crippen molar-refractivity contribution in [1.82, 2.24) is 0 Å². The first-order valence-electron chi connectivity index (χ1n) is 11.2. The summed E-state index contributed by atoms with van der Waals surface area (Å²) in [5.41, 5.74) is -0.381. The molecular weight excluding hydrogens is 420 g/mol. The highest BCUT2D eigenvalue weighted by molar-refractivity contribution is 9.10. The molecule has 5 aliphatic rings. The molecule has 158 valence electrons. The summed E-state index contributed by atoms with van der Waals surface area (Å²) >= 11 is 3.93. The van der Waals surface area contributed by atoms with Gasteiger partial charge in [0.15, 0.2) is 6.61 Å². The van der Waals surface area contributed by atoms with Crippen molar-refractivity contribution < 1.29 is 19.1 Å². The van der Waals surface area contributed by atoms with Crippen LogP contribution in [0.3, 0.4) is 0 Å². The highest BCUT2D eigenvalue weighted by atomic mass is 79.9. The number of halogens is 1. The molecule has 5 rings (SSSR count). The van der Waals surface area contributed by atoms with E-state index >= 15 is 0 Å². The maximum Gasteiger partial charge on any atom is 0.344 e. The van der Waals surface area contributed by atoms with Gasteiger partial charge in [0, 0.05) is 4.32 Å². The van der Waals surface area contributed by atoms with Gasteiger partial charge in [-0.05, 0) is 81.0 Å². The zero-order valence-electron chi connectivity index (χ0n) is 17.5. The van der Waals surface area contributed by atoms with Gasteiger partial charge in [0.25, 0.3) is 0 Å². The molecule has 28 heavy (non-hydrogen) atoms. The average molecular weight is 455 g/mol. The average Bonchev–Trinajstić information content (AvgIpc) is 2.57. The van der Waals surface area contributed by atoms with Gasteiger partial charge in [-0.25, -0.2) is 4.79 Å². The maximum atomic E-state index is 13.0. The monoisotopic (exact) mass is 454 g/mol. The number of alkyl halides is 1. The van der Waals surface area contributed by atoms with E-state index in [2.05, 4.69) is 36.7 Å². The van der Waals surface area contributed by atoms with Gasteiger partial charge in [-0.3, -0.25) is 4.79 Å². The van der Waals surface area contributed by atoms with Crippen molar-refractivity contribution in [2.24, 2.45) is 35.0 Å². The summed E-state index contributed by atoms with van der Waals surface area (Å²) in [4.78, 5) is 25.5. The molecule has 0 N–H and O–H groups in total. The zero-order valence-corrected chi connectivity index (χ0v) is 19.1. The Kier molecular flexibility index (Phi) is 5.61. The summed E-state index contributed by atoms with van der Waals surface area (Å²) in [6.07, 6.45) is 9.51. The van der Waals surface area contributed by atoms with E-state index in [4.69, 9.17) is 9.47 Å². The molecule has 5 heteroatoms. The molecule has 0 amide bonds. The number of ether oxygens (including phenoxy) is 2. The molecule has 0 unspecified atom stereocenters. The van der Waals surface area contributed by atoms with Crippen LogP contribution in [0.4, 0.5) is 0 Å². The van der Waals surface area contributed by atoms with Crippen LogP contribution < -0.4 is 0 Å². The summed E-state index contributed by atoms with van der Waals surface area (Å²) < 4.78 is 11.5. The molecule has 0 radical (unpaired) electrons. The topological polar surface area (TPSA) is 52.6 Å². The minimum atomic E-state index is -0.381. The van der Waals surface area contributed by atoms with E-state index in [0.29, 0.717) is 29.6 Å². The number of rotatable bonds is 5. The van der Waals surface area contributed by atoms with Crippen molar-refractivity contribution in [1.29, 1.82) is 0 Å². The van der Waals surface area contributed by atoms with E-state index in [1.165, 1.54) is 25.7 Å². The van der Waals surface area contributed by atoms with Crippen LogP contribution in [0.5, 0.6) is 0 Å². The number of carbonyl (C=O) groups excluding carboxylic acids is 2. The molecular formula is C23H35BrO4. The Morgan fingerprint density at radius 3 is 2.36 bits per heavy atom. The lowest BCUT2D eigenvalue weighted by molar-refractivity contribution is -0.179. The molecule has 5 atom stereocenters. The molecule has 5 saturated carbocycles. The lowest BCUT2D eigenvalue weighted by atomic mass is 9.49. The van der Waals surface area contributed by atoms with E-state index in [1.54, 1.807) is 0 Å². The van der Waals surface area contributed by atoms with Crippen LogP contribution in [0.1, 0.15) is 78.6 Å². The lowest BCUT2D eigenvalue weighted by Crippen LogP contribution is -2.56. The number of hydrogen-bond donors (Lipinski definition) is 0. The molecule has 4 nitrogen and oxygen atoms in total. The van der Waals surface area contributed by atoms with Crippen molar-refractivity contribution in [3.63, 3.8) is 0 Å². The van der Waals surface area contributed by atoms with Crippen LogP contribution in [-0.2, 0) is 19.1 Å². The minimum absolute atomic E-state index is 0.0414. The SMILES string of the molecule is CC(C)[C@@H]1CC[C@@H](C)C[C@@H]1OC(=O)COC(=O)C12C[C@H]3C[C@@H](CC(Br)(C3)C1)C2. The van der Waals surface area contributed by atoms with Gasteiger partial charge in [0.05, 0.1) is 5.41 Å². The number of esters is 2. The van der Waals surface area contributed by atoms with E-state index in [0.717, 1.165) is 32.1 Å². The number of hydrogen-bond acceptors (Lipinski definition) is 4. The van der Waals surface area contributed by atoms with Gasteiger partial charge in [-0.1, -0.05) is 43.1 Å². The third-order valence-electron chi connectivity index (χ3n) is 7.99. The minimum Gasteiger partial charge on any atom is -0.460 e. The largest absolute Gasteiger partial charge is 0.460 e. The second-order valence-electron chi connectivity index (χ2n) is 10.8. The van der Waals surface area contributed by atoms with Gasteiger partial charge in [-0.2, -0.15) is 0 Å². The molecule has 0 aliphatic heterocycles. The smallest absolute Gasteiger partial charge is 0.344 e. The molecule has 0 aromatic rings. The van der Waals surface area contributed by atoms with Gasteiger partial charge in [-0.15, -0.1) is 0 Å². The summed E-state index contributed by atoms with van der Waals surface area (Å²) in [5, 5.41) is 0. The zero-order chi connectivity index (χ0) is 20.1. The molecule has 0 aromatic heterocycles. The van der Waals surface area contributed by atoms with Gasteiger partial charge in [0.2, 0.25) is 0 Å². The third-order valence-corrected chi connectivity index (χ3v) is 8.92. The Morgan fingerprint density at radius 1 is 1.07 bits per heavy atom. The summed E-state index contributed by atoms with van der Waals surface area (Å²) in [5.74, 6) is 2.18. The normalized spacial score (nSPS) is 44.5. The number of carbonyl (C=O) groups is 2. The second-order valence-corrected chi connectivity index (χ2v) is 12.5. The first kappa shape index (κ1) is 20.7.